The number of aliphatic hydroxyl groups is 1. The number of aromatic nitrogens is 1. The lowest BCUT2D eigenvalue weighted by atomic mass is 10.2. The highest BCUT2D eigenvalue weighted by Crippen LogP contribution is 2.17. The molecule has 1 N–H and O–H groups in total. The Balaban J connectivity index is 2.33. The van der Waals surface area contributed by atoms with Gasteiger partial charge in [-0.15, -0.1) is 6.58 Å². The average Bonchev–Trinajstić information content (AvgIpc) is 2.35. The maximum atomic E-state index is 9.16. The number of ether oxygens (including phenoxy) is 1. The van der Waals surface area contributed by atoms with Crippen LogP contribution in [0.1, 0.15) is 37.1 Å². The minimum absolute atomic E-state index is 0.0759. The van der Waals surface area contributed by atoms with Crippen LogP contribution in [0, 0.1) is 6.92 Å². The Labute approximate surface area is 103 Å². The van der Waals surface area contributed by atoms with Crippen molar-refractivity contribution >= 4 is 0 Å². The first-order valence-corrected chi connectivity index (χ1v) is 6.09. The van der Waals surface area contributed by atoms with E-state index in [0.717, 1.165) is 31.4 Å². The second kappa shape index (κ2) is 7.85. The topological polar surface area (TPSA) is 42.4 Å². The first-order chi connectivity index (χ1) is 8.27. The molecule has 94 valence electrons. The van der Waals surface area contributed by atoms with Crippen molar-refractivity contribution in [3.8, 4) is 5.75 Å². The van der Waals surface area contributed by atoms with E-state index in [1.807, 2.05) is 25.1 Å². The van der Waals surface area contributed by atoms with Crippen LogP contribution >= 0.6 is 0 Å². The summed E-state index contributed by atoms with van der Waals surface area (Å²) in [5, 5.41) is 9.16. The molecule has 1 aromatic rings. The van der Waals surface area contributed by atoms with Gasteiger partial charge in [0, 0.05) is 5.69 Å². The highest BCUT2D eigenvalue weighted by Gasteiger charge is 2.04. The van der Waals surface area contributed by atoms with Crippen LogP contribution in [0.3, 0.4) is 0 Å². The summed E-state index contributed by atoms with van der Waals surface area (Å²) >= 11 is 0. The van der Waals surface area contributed by atoms with Gasteiger partial charge in [0.2, 0.25) is 0 Å². The van der Waals surface area contributed by atoms with Crippen LogP contribution < -0.4 is 4.74 Å². The van der Waals surface area contributed by atoms with Crippen molar-refractivity contribution in [1.29, 1.82) is 0 Å². The molecule has 1 rings (SSSR count). The molecule has 1 aromatic heterocycles. The number of rotatable bonds is 8. The van der Waals surface area contributed by atoms with Crippen LogP contribution in [0.5, 0.6) is 5.75 Å². The lowest BCUT2D eigenvalue weighted by Crippen LogP contribution is -2.02. The molecule has 0 fully saturated rings. The van der Waals surface area contributed by atoms with Gasteiger partial charge < -0.3 is 9.84 Å². The molecule has 0 aliphatic rings. The van der Waals surface area contributed by atoms with Crippen molar-refractivity contribution in [3.05, 3.63) is 36.2 Å². The van der Waals surface area contributed by atoms with Gasteiger partial charge in [-0.2, -0.15) is 0 Å². The van der Waals surface area contributed by atoms with Crippen LogP contribution in [-0.4, -0.2) is 16.7 Å². The number of aryl methyl sites for hydroxylation is 1. The zero-order valence-electron chi connectivity index (χ0n) is 10.5. The lowest BCUT2D eigenvalue weighted by molar-refractivity contribution is 0.254. The largest absolute Gasteiger partial charge is 0.492 e. The van der Waals surface area contributed by atoms with Crippen molar-refractivity contribution in [2.75, 3.05) is 6.61 Å². The van der Waals surface area contributed by atoms with Gasteiger partial charge in [-0.1, -0.05) is 6.08 Å². The van der Waals surface area contributed by atoms with Gasteiger partial charge in [0.05, 0.1) is 13.2 Å². The Morgan fingerprint density at radius 2 is 2.18 bits per heavy atom. The molecule has 17 heavy (non-hydrogen) atoms. The van der Waals surface area contributed by atoms with E-state index in [0.29, 0.717) is 18.1 Å². The van der Waals surface area contributed by atoms with Crippen LogP contribution in [0.15, 0.2) is 24.8 Å². The molecule has 0 aliphatic carbocycles. The monoisotopic (exact) mass is 235 g/mol. The zero-order valence-corrected chi connectivity index (χ0v) is 10.5. The summed E-state index contributed by atoms with van der Waals surface area (Å²) in [6, 6.07) is 3.77. The molecular formula is C14H21NO2. The minimum atomic E-state index is -0.0759. The fraction of sp³-hybridized carbons (Fsp3) is 0.500. The van der Waals surface area contributed by atoms with Gasteiger partial charge >= 0.3 is 0 Å². The Morgan fingerprint density at radius 3 is 2.88 bits per heavy atom. The van der Waals surface area contributed by atoms with Gasteiger partial charge in [-0.25, -0.2) is 0 Å². The van der Waals surface area contributed by atoms with Crippen molar-refractivity contribution in [2.24, 2.45) is 0 Å². The quantitative estimate of drug-likeness (QED) is 0.556. The van der Waals surface area contributed by atoms with E-state index < -0.39 is 0 Å². The Bertz CT molecular complexity index is 350. The van der Waals surface area contributed by atoms with Crippen LogP contribution in [0.2, 0.25) is 0 Å². The van der Waals surface area contributed by atoms with E-state index >= 15 is 0 Å². The number of hydrogen-bond donors (Lipinski definition) is 1. The summed E-state index contributed by atoms with van der Waals surface area (Å²) in [6.45, 7) is 6.19. The zero-order chi connectivity index (χ0) is 12.5. The van der Waals surface area contributed by atoms with Gasteiger partial charge in [0.15, 0.2) is 0 Å². The Kier molecular flexibility index (Phi) is 6.33. The summed E-state index contributed by atoms with van der Waals surface area (Å²) in [5.41, 5.74) is 1.52. The number of unbranched alkanes of at least 4 members (excludes halogenated alkanes) is 3. The van der Waals surface area contributed by atoms with Crippen LogP contribution in [-0.2, 0) is 6.61 Å². The molecule has 0 aliphatic heterocycles. The summed E-state index contributed by atoms with van der Waals surface area (Å²) in [5.74, 6) is 0.696. The first-order valence-electron chi connectivity index (χ1n) is 6.09. The molecular weight excluding hydrogens is 214 g/mol. The van der Waals surface area contributed by atoms with E-state index in [4.69, 9.17) is 9.84 Å². The maximum absolute atomic E-state index is 9.16. The molecule has 1 heterocycles. The second-order valence-electron chi connectivity index (χ2n) is 4.04. The van der Waals surface area contributed by atoms with Crippen molar-refractivity contribution < 1.29 is 9.84 Å². The van der Waals surface area contributed by atoms with Crippen LogP contribution in [0.4, 0.5) is 0 Å². The highest BCUT2D eigenvalue weighted by molar-refractivity contribution is 5.28. The van der Waals surface area contributed by atoms with Crippen molar-refractivity contribution in [3.63, 3.8) is 0 Å². The van der Waals surface area contributed by atoms with Crippen molar-refractivity contribution in [2.45, 2.75) is 39.2 Å². The molecule has 0 saturated heterocycles. The molecule has 0 saturated carbocycles. The van der Waals surface area contributed by atoms with E-state index in [-0.39, 0.29) is 6.61 Å². The highest BCUT2D eigenvalue weighted by atomic mass is 16.5. The molecule has 3 heteroatoms. The predicted octanol–water partition coefficient (Wildman–Crippen LogP) is 3.01. The molecule has 0 aromatic carbocycles. The molecule has 0 atom stereocenters. The van der Waals surface area contributed by atoms with Gasteiger partial charge in [0.1, 0.15) is 11.4 Å². The number of hydrogen-bond acceptors (Lipinski definition) is 3. The molecule has 0 bridgehead atoms. The SMILES string of the molecule is C=CCCCCCOc1ccc(C)nc1CO. The smallest absolute Gasteiger partial charge is 0.143 e. The van der Waals surface area contributed by atoms with Gasteiger partial charge in [-0.3, -0.25) is 4.98 Å². The summed E-state index contributed by atoms with van der Waals surface area (Å²) in [4.78, 5) is 4.23. The lowest BCUT2D eigenvalue weighted by Gasteiger charge is -2.09. The normalized spacial score (nSPS) is 10.2. The van der Waals surface area contributed by atoms with E-state index in [1.165, 1.54) is 0 Å². The number of allylic oxidation sites excluding steroid dienone is 1. The van der Waals surface area contributed by atoms with Crippen molar-refractivity contribution in [1.82, 2.24) is 4.98 Å². The minimum Gasteiger partial charge on any atom is -0.492 e. The Morgan fingerprint density at radius 1 is 1.35 bits per heavy atom. The Hall–Kier alpha value is -1.35. The van der Waals surface area contributed by atoms with Gasteiger partial charge in [-0.05, 0) is 44.7 Å². The third-order valence-corrected chi connectivity index (χ3v) is 2.53. The molecule has 0 amide bonds. The number of pyridine rings is 1. The number of aliphatic hydroxyl groups excluding tert-OH is 1. The molecule has 3 nitrogen and oxygen atoms in total. The summed E-state index contributed by atoms with van der Waals surface area (Å²) in [7, 11) is 0. The van der Waals surface area contributed by atoms with E-state index in [9.17, 15) is 0 Å². The third-order valence-electron chi connectivity index (χ3n) is 2.53. The van der Waals surface area contributed by atoms with E-state index in [2.05, 4.69) is 11.6 Å². The fourth-order valence-corrected chi connectivity index (χ4v) is 1.59. The first kappa shape index (κ1) is 13.7. The molecule has 0 spiro atoms. The van der Waals surface area contributed by atoms with Gasteiger partial charge in [0.25, 0.3) is 0 Å². The summed E-state index contributed by atoms with van der Waals surface area (Å²) < 4.78 is 5.61. The molecule has 0 radical (unpaired) electrons. The maximum Gasteiger partial charge on any atom is 0.143 e. The second-order valence-corrected chi connectivity index (χ2v) is 4.04. The molecule has 0 unspecified atom stereocenters. The standard InChI is InChI=1S/C14H21NO2/c1-3-4-5-6-7-10-17-14-9-8-12(2)15-13(14)11-16/h3,8-9,16H,1,4-7,10-11H2,2H3. The summed E-state index contributed by atoms with van der Waals surface area (Å²) in [6.07, 6.45) is 6.32. The predicted molar refractivity (Wildman–Crippen MR) is 69.1 cm³/mol. The third kappa shape index (κ3) is 5.00. The van der Waals surface area contributed by atoms with E-state index in [1.54, 1.807) is 0 Å². The number of nitrogens with zero attached hydrogens (tertiary/aromatic N) is 1. The average molecular weight is 235 g/mol. The fourth-order valence-electron chi connectivity index (χ4n) is 1.59. The van der Waals surface area contributed by atoms with Crippen LogP contribution in [0.25, 0.3) is 0 Å².